The number of rotatable bonds is 3. The number of carbonyl (C=O) groups is 1. The maximum atomic E-state index is 12.5. The Morgan fingerprint density at radius 3 is 2.38 bits per heavy atom. The summed E-state index contributed by atoms with van der Waals surface area (Å²) in [4.78, 5) is 18.5. The molecule has 1 aliphatic heterocycles. The van der Waals surface area contributed by atoms with Crippen molar-refractivity contribution < 1.29 is 9.63 Å². The van der Waals surface area contributed by atoms with Crippen LogP contribution >= 0.6 is 0 Å². The van der Waals surface area contributed by atoms with Crippen LogP contribution in [0.1, 0.15) is 17.3 Å². The third kappa shape index (κ3) is 3.18. The van der Waals surface area contributed by atoms with Gasteiger partial charge >= 0.3 is 131 Å². The summed E-state index contributed by atoms with van der Waals surface area (Å²) in [5, 5.41) is 1.55. The maximum absolute atomic E-state index is 12.5. The van der Waals surface area contributed by atoms with E-state index in [1.807, 2.05) is 36.4 Å². The third-order valence-electron chi connectivity index (χ3n) is 3.54. The second kappa shape index (κ2) is 6.44. The van der Waals surface area contributed by atoms with E-state index in [1.54, 1.807) is 5.06 Å². The van der Waals surface area contributed by atoms with Crippen LogP contribution in [0.25, 0.3) is 0 Å². The number of hydrogen-bond donors (Lipinski definition) is 0. The van der Waals surface area contributed by atoms with Crippen LogP contribution in [-0.4, -0.2) is 38.6 Å². The summed E-state index contributed by atoms with van der Waals surface area (Å²) < 4.78 is 1.35. The van der Waals surface area contributed by atoms with Crippen LogP contribution in [0.15, 0.2) is 60.7 Å². The summed E-state index contributed by atoms with van der Waals surface area (Å²) in [6.45, 7) is 2.69. The Hall–Kier alpha value is -1.61. The second-order valence-electron chi connectivity index (χ2n) is 5.00. The van der Waals surface area contributed by atoms with E-state index in [9.17, 15) is 4.79 Å². The Balaban J connectivity index is 1.69. The second-order valence-corrected chi connectivity index (χ2v) is 7.76. The zero-order valence-electron chi connectivity index (χ0n) is 11.8. The van der Waals surface area contributed by atoms with Gasteiger partial charge in [0.25, 0.3) is 0 Å². The first-order valence-corrected chi connectivity index (χ1v) is 8.83. The molecule has 1 saturated heterocycles. The van der Waals surface area contributed by atoms with Gasteiger partial charge in [0, 0.05) is 0 Å². The molecule has 0 radical (unpaired) electrons. The summed E-state index contributed by atoms with van der Waals surface area (Å²) in [7, 11) is 0. The molecule has 3 rings (SSSR count). The fraction of sp³-hybridized carbons (Fsp3) is 0.235. The summed E-state index contributed by atoms with van der Waals surface area (Å²) in [5.41, 5.74) is 0.678. The van der Waals surface area contributed by atoms with Crippen molar-refractivity contribution in [1.29, 1.82) is 0 Å². The molecule has 21 heavy (non-hydrogen) atoms. The molecule has 1 amide bonds. The molecule has 0 bridgehead atoms. The van der Waals surface area contributed by atoms with Crippen LogP contribution in [0.5, 0.6) is 0 Å². The van der Waals surface area contributed by atoms with Crippen LogP contribution in [0, 0.1) is 0 Å². The Morgan fingerprint density at radius 1 is 1.10 bits per heavy atom. The molecule has 2 atom stereocenters. The number of hydroxylamine groups is 2. The summed E-state index contributed by atoms with van der Waals surface area (Å²) >= 11 is 0.312. The fourth-order valence-corrected chi connectivity index (χ4v) is 4.63. The third-order valence-corrected chi connectivity index (χ3v) is 6.43. The Kier molecular flexibility index (Phi) is 4.39. The van der Waals surface area contributed by atoms with Gasteiger partial charge in [-0.2, -0.15) is 0 Å². The first-order chi connectivity index (χ1) is 10.3. The molecule has 0 aromatic heterocycles. The van der Waals surface area contributed by atoms with Gasteiger partial charge in [-0.05, 0) is 0 Å². The van der Waals surface area contributed by atoms with E-state index in [1.165, 1.54) is 4.46 Å². The summed E-state index contributed by atoms with van der Waals surface area (Å²) in [6, 6.07) is 19.9. The van der Waals surface area contributed by atoms with Crippen LogP contribution in [0.3, 0.4) is 0 Å². The molecule has 0 saturated carbocycles. The molecule has 4 heteroatoms. The monoisotopic (exact) mass is 347 g/mol. The number of benzene rings is 2. The Labute approximate surface area is 131 Å². The van der Waals surface area contributed by atoms with E-state index in [-0.39, 0.29) is 11.9 Å². The van der Waals surface area contributed by atoms with E-state index < -0.39 is 0 Å². The zero-order valence-corrected chi connectivity index (χ0v) is 13.5. The van der Waals surface area contributed by atoms with Crippen LogP contribution in [0.4, 0.5) is 0 Å². The predicted molar refractivity (Wildman–Crippen MR) is 83.6 cm³/mol. The molecule has 2 aromatic rings. The van der Waals surface area contributed by atoms with Gasteiger partial charge < -0.3 is 0 Å². The number of nitrogens with zero attached hydrogens (tertiary/aromatic N) is 1. The van der Waals surface area contributed by atoms with Gasteiger partial charge in [-0.1, -0.05) is 0 Å². The van der Waals surface area contributed by atoms with Crippen LogP contribution in [-0.2, 0) is 4.84 Å². The normalized spacial score (nSPS) is 21.5. The number of carbonyl (C=O) groups excluding carboxylic acids is 1. The standard InChI is InChI=1S/C17H17NO2Se/c1-13-16(21-15-10-6-3-7-11-15)12-20-18(13)17(19)14-8-4-2-5-9-14/h2-11,13,16H,12H2,1H3/t13-,16+/m0/s1. The fourth-order valence-electron chi connectivity index (χ4n) is 2.32. The number of amides is 1. The average molecular weight is 346 g/mol. The van der Waals surface area contributed by atoms with Gasteiger partial charge in [-0.15, -0.1) is 0 Å². The number of hydrogen-bond acceptors (Lipinski definition) is 2. The van der Waals surface area contributed by atoms with Gasteiger partial charge in [-0.25, -0.2) is 0 Å². The quantitative estimate of drug-likeness (QED) is 0.798. The average Bonchev–Trinajstić information content (AvgIpc) is 2.89. The van der Waals surface area contributed by atoms with Gasteiger partial charge in [0.05, 0.1) is 0 Å². The molecule has 108 valence electrons. The molecule has 1 heterocycles. The van der Waals surface area contributed by atoms with E-state index >= 15 is 0 Å². The summed E-state index contributed by atoms with van der Waals surface area (Å²) in [6.07, 6.45) is 0. The van der Waals surface area contributed by atoms with Gasteiger partial charge in [0.15, 0.2) is 0 Å². The van der Waals surface area contributed by atoms with Crippen molar-refractivity contribution in [2.45, 2.75) is 17.8 Å². The molecular weight excluding hydrogens is 329 g/mol. The molecule has 0 aliphatic carbocycles. The van der Waals surface area contributed by atoms with Crippen molar-refractivity contribution >= 4 is 25.3 Å². The van der Waals surface area contributed by atoms with Crippen molar-refractivity contribution in [3.8, 4) is 0 Å². The van der Waals surface area contributed by atoms with Crippen LogP contribution < -0.4 is 4.46 Å². The first-order valence-electron chi connectivity index (χ1n) is 6.99. The SMILES string of the molecule is C[C@H]1[C@H]([Se]c2ccccc2)CON1C(=O)c1ccccc1. The van der Waals surface area contributed by atoms with Crippen LogP contribution in [0.2, 0.25) is 4.82 Å². The molecule has 3 nitrogen and oxygen atoms in total. The predicted octanol–water partition coefficient (Wildman–Crippen LogP) is 2.28. The van der Waals surface area contributed by atoms with E-state index in [0.29, 0.717) is 31.9 Å². The minimum absolute atomic E-state index is 0.0468. The van der Waals surface area contributed by atoms with Gasteiger partial charge in [0.1, 0.15) is 0 Å². The molecule has 0 unspecified atom stereocenters. The summed E-state index contributed by atoms with van der Waals surface area (Å²) in [5.74, 6) is -0.0468. The van der Waals surface area contributed by atoms with Crippen molar-refractivity contribution in [1.82, 2.24) is 5.06 Å². The topological polar surface area (TPSA) is 29.5 Å². The Bertz CT molecular complexity index is 603. The Morgan fingerprint density at radius 2 is 1.71 bits per heavy atom. The van der Waals surface area contributed by atoms with E-state index in [2.05, 4.69) is 31.2 Å². The van der Waals surface area contributed by atoms with Crippen molar-refractivity contribution in [3.63, 3.8) is 0 Å². The molecular formula is C17H17NO2Se. The molecule has 2 aromatic carbocycles. The first kappa shape index (κ1) is 14.3. The van der Waals surface area contributed by atoms with Crippen molar-refractivity contribution in [3.05, 3.63) is 66.2 Å². The molecule has 0 N–H and O–H groups in total. The molecule has 1 fully saturated rings. The van der Waals surface area contributed by atoms with E-state index in [0.717, 1.165) is 0 Å². The zero-order chi connectivity index (χ0) is 14.7. The molecule has 1 aliphatic rings. The van der Waals surface area contributed by atoms with E-state index in [4.69, 9.17) is 4.84 Å². The van der Waals surface area contributed by atoms with Crippen molar-refractivity contribution in [2.24, 2.45) is 0 Å². The minimum atomic E-state index is -0.0468. The van der Waals surface area contributed by atoms with Gasteiger partial charge in [0.2, 0.25) is 0 Å². The van der Waals surface area contributed by atoms with Gasteiger partial charge in [-0.3, -0.25) is 0 Å². The molecule has 0 spiro atoms. The van der Waals surface area contributed by atoms with Crippen molar-refractivity contribution in [2.75, 3.05) is 6.61 Å².